The number of anilines is 1. The second-order valence-corrected chi connectivity index (χ2v) is 6.54. The summed E-state index contributed by atoms with van der Waals surface area (Å²) in [6.45, 7) is 6.32. The lowest BCUT2D eigenvalue weighted by Crippen LogP contribution is -2.29. The van der Waals surface area contributed by atoms with Crippen molar-refractivity contribution < 1.29 is 9.53 Å². The summed E-state index contributed by atoms with van der Waals surface area (Å²) in [4.78, 5) is 24.5. The minimum atomic E-state index is -0.323. The maximum absolute atomic E-state index is 12.4. The topological polar surface area (TPSA) is 73.2 Å². The lowest BCUT2D eigenvalue weighted by molar-refractivity contribution is -0.117. The minimum absolute atomic E-state index is 0.162. The molecule has 0 saturated heterocycles. The van der Waals surface area contributed by atoms with E-state index in [4.69, 9.17) is 4.74 Å². The average molecular weight is 377 g/mol. The lowest BCUT2D eigenvalue weighted by Gasteiger charge is -2.10. The van der Waals surface area contributed by atoms with Crippen LogP contribution in [0.3, 0.4) is 0 Å². The molecular weight excluding hydrogens is 354 g/mol. The zero-order chi connectivity index (χ0) is 20.1. The van der Waals surface area contributed by atoms with Crippen LogP contribution < -0.4 is 15.6 Å². The van der Waals surface area contributed by atoms with E-state index in [2.05, 4.69) is 10.4 Å². The standard InChI is InChI=1S/C22H23N3O3/c1-4-28-18-9-7-17(8-10-18)23-21(26)14-25-22(27)12-11-20(24-25)19-13-15(2)5-6-16(19)3/h5-13H,4,14H2,1-3H3,(H,23,26). The molecule has 28 heavy (non-hydrogen) atoms. The molecule has 1 aromatic heterocycles. The smallest absolute Gasteiger partial charge is 0.267 e. The Bertz CT molecular complexity index is 1040. The Morgan fingerprint density at radius 2 is 1.82 bits per heavy atom. The third-order valence-electron chi connectivity index (χ3n) is 4.28. The first-order valence-corrected chi connectivity index (χ1v) is 9.15. The molecule has 3 aromatic rings. The third kappa shape index (κ3) is 4.65. The van der Waals surface area contributed by atoms with Crippen LogP contribution in [0.25, 0.3) is 11.3 Å². The van der Waals surface area contributed by atoms with Crippen molar-refractivity contribution in [1.29, 1.82) is 0 Å². The van der Waals surface area contributed by atoms with Gasteiger partial charge in [-0.2, -0.15) is 5.10 Å². The molecule has 6 heteroatoms. The fourth-order valence-electron chi connectivity index (χ4n) is 2.86. The van der Waals surface area contributed by atoms with Gasteiger partial charge in [0.15, 0.2) is 0 Å². The van der Waals surface area contributed by atoms with Crippen LogP contribution >= 0.6 is 0 Å². The molecule has 3 rings (SSSR count). The van der Waals surface area contributed by atoms with E-state index >= 15 is 0 Å². The molecule has 0 saturated carbocycles. The van der Waals surface area contributed by atoms with Crippen molar-refractivity contribution >= 4 is 11.6 Å². The summed E-state index contributed by atoms with van der Waals surface area (Å²) in [6.07, 6.45) is 0. The van der Waals surface area contributed by atoms with Crippen LogP contribution in [-0.2, 0) is 11.3 Å². The Kier molecular flexibility index (Phi) is 5.89. The van der Waals surface area contributed by atoms with E-state index in [1.165, 1.54) is 10.7 Å². The van der Waals surface area contributed by atoms with Gasteiger partial charge in [-0.25, -0.2) is 4.68 Å². The predicted molar refractivity (Wildman–Crippen MR) is 110 cm³/mol. The molecule has 0 aliphatic carbocycles. The molecular formula is C22H23N3O3. The summed E-state index contributed by atoms with van der Waals surface area (Å²) in [5, 5.41) is 7.16. The molecule has 1 heterocycles. The molecule has 0 fully saturated rings. The molecule has 0 aliphatic rings. The predicted octanol–water partition coefficient (Wildman–Crippen LogP) is 3.56. The molecule has 144 valence electrons. The van der Waals surface area contributed by atoms with E-state index in [1.54, 1.807) is 30.3 Å². The Morgan fingerprint density at radius 1 is 1.07 bits per heavy atom. The van der Waals surface area contributed by atoms with E-state index in [0.29, 0.717) is 18.0 Å². The van der Waals surface area contributed by atoms with Gasteiger partial charge in [-0.3, -0.25) is 9.59 Å². The molecule has 6 nitrogen and oxygen atoms in total. The minimum Gasteiger partial charge on any atom is -0.494 e. The number of aromatic nitrogens is 2. The van der Waals surface area contributed by atoms with Crippen LogP contribution in [0.1, 0.15) is 18.1 Å². The highest BCUT2D eigenvalue weighted by Gasteiger charge is 2.10. The summed E-state index contributed by atoms with van der Waals surface area (Å²) >= 11 is 0. The largest absolute Gasteiger partial charge is 0.494 e. The number of carbonyl (C=O) groups is 1. The number of benzene rings is 2. The number of hydrogen-bond donors (Lipinski definition) is 1. The van der Waals surface area contributed by atoms with Crippen molar-refractivity contribution in [2.45, 2.75) is 27.3 Å². The molecule has 0 unspecified atom stereocenters. The number of amides is 1. The first-order valence-electron chi connectivity index (χ1n) is 9.15. The quantitative estimate of drug-likeness (QED) is 0.713. The number of nitrogens with zero attached hydrogens (tertiary/aromatic N) is 2. The monoisotopic (exact) mass is 377 g/mol. The number of carbonyl (C=O) groups excluding carboxylic acids is 1. The van der Waals surface area contributed by atoms with Gasteiger partial charge in [0.1, 0.15) is 12.3 Å². The van der Waals surface area contributed by atoms with Crippen molar-refractivity contribution in [1.82, 2.24) is 9.78 Å². The summed E-state index contributed by atoms with van der Waals surface area (Å²) in [7, 11) is 0. The maximum Gasteiger partial charge on any atom is 0.267 e. The summed E-state index contributed by atoms with van der Waals surface area (Å²) in [5.41, 5.74) is 4.08. The Hall–Kier alpha value is -3.41. The fraction of sp³-hybridized carbons (Fsp3) is 0.227. The Labute approximate surface area is 163 Å². The molecule has 0 radical (unpaired) electrons. The van der Waals surface area contributed by atoms with Crippen LogP contribution in [0.2, 0.25) is 0 Å². The number of ether oxygens (including phenoxy) is 1. The molecule has 1 N–H and O–H groups in total. The number of rotatable bonds is 6. The molecule has 0 aliphatic heterocycles. The van der Waals surface area contributed by atoms with E-state index in [-0.39, 0.29) is 18.0 Å². The average Bonchev–Trinajstić information content (AvgIpc) is 2.67. The Balaban J connectivity index is 1.77. The summed E-state index contributed by atoms with van der Waals surface area (Å²) in [5.74, 6) is 0.413. The third-order valence-corrected chi connectivity index (χ3v) is 4.28. The zero-order valence-electron chi connectivity index (χ0n) is 16.2. The van der Waals surface area contributed by atoms with Crippen molar-refractivity contribution in [3.8, 4) is 17.0 Å². The van der Waals surface area contributed by atoms with Crippen molar-refractivity contribution in [3.05, 3.63) is 76.1 Å². The van der Waals surface area contributed by atoms with Gasteiger partial charge in [-0.15, -0.1) is 0 Å². The van der Waals surface area contributed by atoms with Crippen LogP contribution in [0.4, 0.5) is 5.69 Å². The van der Waals surface area contributed by atoms with E-state index in [1.807, 2.05) is 39.0 Å². The van der Waals surface area contributed by atoms with Gasteiger partial charge in [0.25, 0.3) is 5.56 Å². The van der Waals surface area contributed by atoms with Crippen LogP contribution in [-0.4, -0.2) is 22.3 Å². The van der Waals surface area contributed by atoms with E-state index in [9.17, 15) is 9.59 Å². The van der Waals surface area contributed by atoms with Crippen LogP contribution in [0.15, 0.2) is 59.4 Å². The van der Waals surface area contributed by atoms with Crippen molar-refractivity contribution in [3.63, 3.8) is 0 Å². The summed E-state index contributed by atoms with van der Waals surface area (Å²) < 4.78 is 6.56. The molecule has 1 amide bonds. The van der Waals surface area contributed by atoms with Gasteiger partial charge < -0.3 is 10.1 Å². The van der Waals surface area contributed by atoms with E-state index in [0.717, 1.165) is 22.4 Å². The van der Waals surface area contributed by atoms with Gasteiger partial charge in [-0.05, 0) is 62.7 Å². The fourth-order valence-corrected chi connectivity index (χ4v) is 2.86. The zero-order valence-corrected chi connectivity index (χ0v) is 16.2. The first kappa shape index (κ1) is 19.4. The highest BCUT2D eigenvalue weighted by molar-refractivity contribution is 5.90. The SMILES string of the molecule is CCOc1ccc(NC(=O)Cn2nc(-c3cc(C)ccc3C)ccc2=O)cc1. The van der Waals surface area contributed by atoms with Crippen LogP contribution in [0, 0.1) is 13.8 Å². The van der Waals surface area contributed by atoms with Crippen molar-refractivity contribution in [2.75, 3.05) is 11.9 Å². The molecule has 0 bridgehead atoms. The first-order chi connectivity index (χ1) is 13.5. The maximum atomic E-state index is 12.4. The second-order valence-electron chi connectivity index (χ2n) is 6.54. The summed E-state index contributed by atoms with van der Waals surface area (Å²) in [6, 6.07) is 16.3. The second kappa shape index (κ2) is 8.52. The van der Waals surface area contributed by atoms with Crippen LogP contribution in [0.5, 0.6) is 5.75 Å². The van der Waals surface area contributed by atoms with Gasteiger partial charge in [0.2, 0.25) is 5.91 Å². The van der Waals surface area contributed by atoms with Gasteiger partial charge in [0, 0.05) is 17.3 Å². The normalized spacial score (nSPS) is 10.5. The van der Waals surface area contributed by atoms with Gasteiger partial charge in [0.05, 0.1) is 12.3 Å². The number of hydrogen-bond acceptors (Lipinski definition) is 4. The van der Waals surface area contributed by atoms with E-state index < -0.39 is 0 Å². The molecule has 0 spiro atoms. The number of nitrogens with one attached hydrogen (secondary N) is 1. The Morgan fingerprint density at radius 3 is 2.54 bits per heavy atom. The molecule has 2 aromatic carbocycles. The highest BCUT2D eigenvalue weighted by atomic mass is 16.5. The highest BCUT2D eigenvalue weighted by Crippen LogP contribution is 2.21. The van der Waals surface area contributed by atoms with Gasteiger partial charge >= 0.3 is 0 Å². The van der Waals surface area contributed by atoms with Crippen molar-refractivity contribution in [2.24, 2.45) is 0 Å². The van der Waals surface area contributed by atoms with Gasteiger partial charge in [-0.1, -0.05) is 17.7 Å². The lowest BCUT2D eigenvalue weighted by atomic mass is 10.0. The molecule has 0 atom stereocenters. The number of aryl methyl sites for hydroxylation is 2.